The fraction of sp³-hybridized carbons (Fsp3) is 0.875. The number of rotatable bonds is 4. The van der Waals surface area contributed by atoms with Gasteiger partial charge in [0.1, 0.15) is 0 Å². The predicted octanol–water partition coefficient (Wildman–Crippen LogP) is 0.0714. The van der Waals surface area contributed by atoms with Gasteiger partial charge >= 0.3 is 5.97 Å². The largest absolute Gasteiger partial charge is 0.464 e. The highest BCUT2D eigenvalue weighted by Crippen LogP contribution is 2.13. The number of hydrogen-bond acceptors (Lipinski definition) is 4. The van der Waals surface area contributed by atoms with Crippen LogP contribution in [0.3, 0.4) is 0 Å². The highest BCUT2D eigenvalue weighted by Gasteiger charge is 2.32. The Labute approximate surface area is 72.2 Å². The molecule has 0 aromatic carbocycles. The predicted molar refractivity (Wildman–Crippen MR) is 43.6 cm³/mol. The van der Waals surface area contributed by atoms with Crippen LogP contribution in [0.15, 0.2) is 0 Å². The van der Waals surface area contributed by atoms with Crippen molar-refractivity contribution in [2.45, 2.75) is 38.9 Å². The first-order valence-electron chi connectivity index (χ1n) is 3.97. The van der Waals surface area contributed by atoms with Crippen molar-refractivity contribution >= 4 is 5.97 Å². The zero-order chi connectivity index (χ0) is 9.78. The van der Waals surface area contributed by atoms with E-state index in [0.29, 0.717) is 0 Å². The van der Waals surface area contributed by atoms with E-state index in [1.165, 1.54) is 13.8 Å². The minimum atomic E-state index is -1.58. The van der Waals surface area contributed by atoms with Crippen molar-refractivity contribution in [1.29, 1.82) is 0 Å². The molecule has 0 aliphatic carbocycles. The van der Waals surface area contributed by atoms with Crippen LogP contribution in [0.5, 0.6) is 0 Å². The van der Waals surface area contributed by atoms with Gasteiger partial charge in [-0.25, -0.2) is 4.79 Å². The molecule has 2 N–H and O–H groups in total. The topological polar surface area (TPSA) is 66.8 Å². The molecule has 0 aliphatic rings. The summed E-state index contributed by atoms with van der Waals surface area (Å²) in [5, 5.41) is 18.4. The lowest BCUT2D eigenvalue weighted by molar-refractivity contribution is -0.165. The summed E-state index contributed by atoms with van der Waals surface area (Å²) in [6.07, 6.45) is -0.726. The molecule has 0 bridgehead atoms. The molecule has 0 saturated carbocycles. The van der Waals surface area contributed by atoms with Crippen molar-refractivity contribution < 1.29 is 19.7 Å². The summed E-state index contributed by atoms with van der Waals surface area (Å²) in [5.41, 5.74) is -1.58. The summed E-state index contributed by atoms with van der Waals surface area (Å²) in [6, 6.07) is 0. The summed E-state index contributed by atoms with van der Waals surface area (Å²) < 4.78 is 4.61. The zero-order valence-corrected chi connectivity index (χ0v) is 7.70. The second kappa shape index (κ2) is 4.42. The van der Waals surface area contributed by atoms with Crippen molar-refractivity contribution in [3.05, 3.63) is 0 Å². The molecule has 12 heavy (non-hydrogen) atoms. The van der Waals surface area contributed by atoms with E-state index in [0.717, 1.165) is 0 Å². The number of aliphatic hydroxyl groups excluding tert-OH is 1. The molecule has 4 nitrogen and oxygen atoms in total. The van der Waals surface area contributed by atoms with Gasteiger partial charge in [0.05, 0.1) is 12.7 Å². The van der Waals surface area contributed by atoms with E-state index in [9.17, 15) is 9.90 Å². The molecule has 0 rings (SSSR count). The van der Waals surface area contributed by atoms with Gasteiger partial charge in [0.2, 0.25) is 0 Å². The van der Waals surface area contributed by atoms with Crippen molar-refractivity contribution in [3.8, 4) is 0 Å². The van der Waals surface area contributed by atoms with Gasteiger partial charge in [-0.1, -0.05) is 0 Å². The van der Waals surface area contributed by atoms with Crippen LogP contribution in [0.2, 0.25) is 0 Å². The fourth-order valence-electron chi connectivity index (χ4n) is 0.945. The van der Waals surface area contributed by atoms with Crippen molar-refractivity contribution in [3.63, 3.8) is 0 Å². The molecule has 0 radical (unpaired) electrons. The van der Waals surface area contributed by atoms with E-state index in [2.05, 4.69) is 4.74 Å². The Morgan fingerprint density at radius 2 is 2.17 bits per heavy atom. The molecular formula is C8H16O4. The maximum Gasteiger partial charge on any atom is 0.337 e. The quantitative estimate of drug-likeness (QED) is 0.595. The molecule has 2 unspecified atom stereocenters. The first-order valence-corrected chi connectivity index (χ1v) is 3.97. The molecule has 0 amide bonds. The second-order valence-corrected chi connectivity index (χ2v) is 3.05. The maximum absolute atomic E-state index is 11.0. The van der Waals surface area contributed by atoms with E-state index in [4.69, 9.17) is 5.11 Å². The van der Waals surface area contributed by atoms with Crippen LogP contribution >= 0.6 is 0 Å². The summed E-state index contributed by atoms with van der Waals surface area (Å²) in [5.74, 6) is -0.689. The number of ether oxygens (including phenoxy) is 1. The first kappa shape index (κ1) is 11.4. The number of hydrogen-bond donors (Lipinski definition) is 2. The molecular weight excluding hydrogens is 160 g/mol. The van der Waals surface area contributed by atoms with Gasteiger partial charge < -0.3 is 14.9 Å². The van der Waals surface area contributed by atoms with Crippen LogP contribution in [0, 0.1) is 0 Å². The third kappa shape index (κ3) is 3.69. The summed E-state index contributed by atoms with van der Waals surface area (Å²) >= 11 is 0. The van der Waals surface area contributed by atoms with Crippen LogP contribution in [0.25, 0.3) is 0 Å². The van der Waals surface area contributed by atoms with E-state index < -0.39 is 17.7 Å². The summed E-state index contributed by atoms with van der Waals surface area (Å²) in [7, 11) is 0. The Hall–Kier alpha value is -0.610. The second-order valence-electron chi connectivity index (χ2n) is 3.05. The average Bonchev–Trinajstić information content (AvgIpc) is 1.85. The highest BCUT2D eigenvalue weighted by atomic mass is 16.5. The lowest BCUT2D eigenvalue weighted by atomic mass is 10.00. The van der Waals surface area contributed by atoms with Crippen molar-refractivity contribution in [1.82, 2.24) is 0 Å². The van der Waals surface area contributed by atoms with Crippen LogP contribution in [-0.4, -0.2) is 34.5 Å². The number of aliphatic hydroxyl groups is 2. The van der Waals surface area contributed by atoms with Gasteiger partial charge in [-0.15, -0.1) is 0 Å². The van der Waals surface area contributed by atoms with Crippen LogP contribution < -0.4 is 0 Å². The molecule has 0 aliphatic heterocycles. The van der Waals surface area contributed by atoms with Crippen LogP contribution in [0.4, 0.5) is 0 Å². The van der Waals surface area contributed by atoms with E-state index >= 15 is 0 Å². The van der Waals surface area contributed by atoms with Gasteiger partial charge in [0, 0.05) is 6.42 Å². The van der Waals surface area contributed by atoms with Crippen LogP contribution in [0.1, 0.15) is 27.2 Å². The molecule has 0 aromatic rings. The normalized spacial score (nSPS) is 18.1. The summed E-state index contributed by atoms with van der Waals surface area (Å²) in [4.78, 5) is 11.0. The zero-order valence-electron chi connectivity index (χ0n) is 7.70. The third-order valence-electron chi connectivity index (χ3n) is 1.41. The van der Waals surface area contributed by atoms with Gasteiger partial charge in [0.25, 0.3) is 0 Å². The monoisotopic (exact) mass is 176 g/mol. The van der Waals surface area contributed by atoms with Crippen LogP contribution in [-0.2, 0) is 9.53 Å². The third-order valence-corrected chi connectivity index (χ3v) is 1.41. The molecule has 0 saturated heterocycles. The molecule has 4 heteroatoms. The lowest BCUT2D eigenvalue weighted by Crippen LogP contribution is -2.39. The van der Waals surface area contributed by atoms with E-state index in [1.807, 2.05) is 0 Å². The number of esters is 1. The van der Waals surface area contributed by atoms with E-state index in [1.54, 1.807) is 6.92 Å². The highest BCUT2D eigenvalue weighted by molar-refractivity contribution is 5.78. The van der Waals surface area contributed by atoms with Gasteiger partial charge in [-0.2, -0.15) is 0 Å². The Morgan fingerprint density at radius 3 is 2.50 bits per heavy atom. The SMILES string of the molecule is CCOC(=O)C(C)(O)CC(C)O. The summed E-state index contributed by atoms with van der Waals surface area (Å²) in [6.45, 7) is 4.73. The molecule has 72 valence electrons. The first-order chi connectivity index (χ1) is 5.40. The van der Waals surface area contributed by atoms with Gasteiger partial charge in [-0.3, -0.25) is 0 Å². The average molecular weight is 176 g/mol. The smallest absolute Gasteiger partial charge is 0.337 e. The molecule has 0 aromatic heterocycles. The van der Waals surface area contributed by atoms with Gasteiger partial charge in [-0.05, 0) is 20.8 Å². The van der Waals surface area contributed by atoms with Crippen molar-refractivity contribution in [2.24, 2.45) is 0 Å². The number of carbonyl (C=O) groups excluding carboxylic acids is 1. The Morgan fingerprint density at radius 1 is 1.67 bits per heavy atom. The minimum absolute atomic E-state index is 0.00810. The maximum atomic E-state index is 11.0. The fourth-order valence-corrected chi connectivity index (χ4v) is 0.945. The number of carbonyl (C=O) groups is 1. The minimum Gasteiger partial charge on any atom is -0.464 e. The lowest BCUT2D eigenvalue weighted by Gasteiger charge is -2.21. The van der Waals surface area contributed by atoms with E-state index in [-0.39, 0.29) is 13.0 Å². The molecule has 2 atom stereocenters. The molecule has 0 spiro atoms. The Balaban J connectivity index is 4.09. The standard InChI is InChI=1S/C8H16O4/c1-4-12-7(10)8(3,11)5-6(2)9/h6,9,11H,4-5H2,1-3H3. The Bertz CT molecular complexity index is 151. The molecule has 0 heterocycles. The Kier molecular flexibility index (Phi) is 4.20. The molecule has 0 fully saturated rings. The van der Waals surface area contributed by atoms with Gasteiger partial charge in [0.15, 0.2) is 5.60 Å². The van der Waals surface area contributed by atoms with Crippen molar-refractivity contribution in [2.75, 3.05) is 6.61 Å².